The van der Waals surface area contributed by atoms with Crippen molar-refractivity contribution in [1.82, 2.24) is 0 Å². The highest BCUT2D eigenvalue weighted by molar-refractivity contribution is 5.69. The van der Waals surface area contributed by atoms with Crippen molar-refractivity contribution in [1.29, 1.82) is 0 Å². The predicted molar refractivity (Wildman–Crippen MR) is 284 cm³/mol. The van der Waals surface area contributed by atoms with Gasteiger partial charge in [0.15, 0.2) is 12.6 Å². The lowest BCUT2D eigenvalue weighted by Crippen LogP contribution is -2.61. The van der Waals surface area contributed by atoms with E-state index in [-0.39, 0.29) is 25.6 Å². The second-order valence-corrected chi connectivity index (χ2v) is 19.7. The number of ether oxygens (including phenoxy) is 6. The van der Waals surface area contributed by atoms with Gasteiger partial charge in [0.1, 0.15) is 54.9 Å². The van der Waals surface area contributed by atoms with Gasteiger partial charge in [0.25, 0.3) is 0 Å². The Balaban J connectivity index is 1.72. The number of hydrogen-bond acceptors (Lipinski definition) is 14. The van der Waals surface area contributed by atoms with Crippen molar-refractivity contribution < 1.29 is 69.0 Å². The van der Waals surface area contributed by atoms with E-state index in [0.29, 0.717) is 13.0 Å². The largest absolute Gasteiger partial charge is 0.457 e. The van der Waals surface area contributed by atoms with E-state index in [2.05, 4.69) is 74.6 Å². The van der Waals surface area contributed by atoms with Crippen LogP contribution in [0, 0.1) is 0 Å². The van der Waals surface area contributed by atoms with Gasteiger partial charge in [-0.25, -0.2) is 0 Å². The normalized spacial score (nSPS) is 25.6. The molecule has 2 saturated heterocycles. The topological polar surface area (TPSA) is 214 Å². The molecule has 11 atom stereocenters. The number of aliphatic hydroxyl groups excluding tert-OH is 7. The van der Waals surface area contributed by atoms with Crippen LogP contribution in [0.2, 0.25) is 0 Å². The van der Waals surface area contributed by atoms with Crippen LogP contribution in [0.1, 0.15) is 200 Å². The van der Waals surface area contributed by atoms with Gasteiger partial charge in [-0.2, -0.15) is 0 Å². The van der Waals surface area contributed by atoms with Crippen molar-refractivity contribution in [3.8, 4) is 0 Å². The first-order chi connectivity index (χ1) is 35.1. The smallest absolute Gasteiger partial charge is 0.306 e. The molecule has 2 aliphatic rings. The van der Waals surface area contributed by atoms with E-state index in [4.69, 9.17) is 28.4 Å². The molecular formula is C58H102O14. The summed E-state index contributed by atoms with van der Waals surface area (Å²) < 4.78 is 34.4. The van der Waals surface area contributed by atoms with Crippen LogP contribution in [-0.4, -0.2) is 142 Å². The molecule has 0 aromatic carbocycles. The fourth-order valence-electron chi connectivity index (χ4n) is 8.68. The Hall–Kier alpha value is -2.31. The predicted octanol–water partition coefficient (Wildman–Crippen LogP) is 9.69. The number of hydrogen-bond donors (Lipinski definition) is 7. The average molecular weight is 1020 g/mol. The van der Waals surface area contributed by atoms with E-state index in [9.17, 15) is 40.5 Å². The van der Waals surface area contributed by atoms with Crippen molar-refractivity contribution in [3.63, 3.8) is 0 Å². The fourth-order valence-corrected chi connectivity index (χ4v) is 8.68. The zero-order chi connectivity index (χ0) is 52.3. The van der Waals surface area contributed by atoms with E-state index in [1.54, 1.807) is 0 Å². The Bertz CT molecular complexity index is 1420. The highest BCUT2D eigenvalue weighted by atomic mass is 16.7. The van der Waals surface area contributed by atoms with Gasteiger partial charge in [-0.15, -0.1) is 0 Å². The minimum Gasteiger partial charge on any atom is -0.457 e. The highest BCUT2D eigenvalue weighted by Gasteiger charge is 2.47. The summed E-state index contributed by atoms with van der Waals surface area (Å²) in [5.41, 5.74) is 0. The lowest BCUT2D eigenvalue weighted by atomic mass is 9.98. The molecule has 7 N–H and O–H groups in total. The van der Waals surface area contributed by atoms with Gasteiger partial charge in [-0.3, -0.25) is 4.79 Å². The molecule has 0 aliphatic carbocycles. The molecule has 2 heterocycles. The fraction of sp³-hybridized carbons (Fsp3) is 0.810. The van der Waals surface area contributed by atoms with Crippen molar-refractivity contribution in [2.75, 3.05) is 33.0 Å². The van der Waals surface area contributed by atoms with Gasteiger partial charge >= 0.3 is 5.97 Å². The van der Waals surface area contributed by atoms with Crippen LogP contribution in [0.15, 0.2) is 60.8 Å². The standard InChI is InChI=1S/C58H102O14/c1-3-5-7-9-11-13-15-17-19-20-21-22-23-24-25-26-27-29-31-33-35-37-39-41-50(60)70-47(44-67-42-40-38-36-34-32-30-28-18-16-14-12-10-8-6-4-2)45-68-57-56(66)54(64)52(62)49(72-57)46-69-58-55(65)53(63)51(61)48(43-59)71-58/h5,7,11,13,16-19,21-22,47-49,51-59,61-66H,3-4,6,8-10,12,14-15,20,23-46H2,1-2H3/b7-5-,13-11-,18-16-,19-17-,22-21-. The maximum atomic E-state index is 13.1. The van der Waals surface area contributed by atoms with Crippen LogP contribution < -0.4 is 0 Å². The summed E-state index contributed by atoms with van der Waals surface area (Å²) in [6.07, 6.45) is 38.5. The lowest BCUT2D eigenvalue weighted by molar-refractivity contribution is -0.332. The summed E-state index contributed by atoms with van der Waals surface area (Å²) in [7, 11) is 0. The van der Waals surface area contributed by atoms with Gasteiger partial charge in [0, 0.05) is 13.0 Å². The van der Waals surface area contributed by atoms with Gasteiger partial charge in [0.05, 0.1) is 26.4 Å². The summed E-state index contributed by atoms with van der Waals surface area (Å²) in [6, 6.07) is 0. The first-order valence-electron chi connectivity index (χ1n) is 28.4. The number of allylic oxidation sites excluding steroid dienone is 10. The van der Waals surface area contributed by atoms with Crippen LogP contribution in [-0.2, 0) is 33.2 Å². The van der Waals surface area contributed by atoms with E-state index < -0.39 is 80.7 Å². The third kappa shape index (κ3) is 31.5. The Morgan fingerprint density at radius 3 is 1.43 bits per heavy atom. The summed E-state index contributed by atoms with van der Waals surface area (Å²) in [4.78, 5) is 13.1. The highest BCUT2D eigenvalue weighted by Crippen LogP contribution is 2.26. The molecule has 0 amide bonds. The number of carbonyl (C=O) groups is 1. The maximum absolute atomic E-state index is 13.1. The molecule has 2 aliphatic heterocycles. The number of unbranched alkanes of at least 4 members (excludes halogenated alkanes) is 21. The number of aliphatic hydroxyl groups is 7. The van der Waals surface area contributed by atoms with Crippen LogP contribution in [0.4, 0.5) is 0 Å². The van der Waals surface area contributed by atoms with Crippen molar-refractivity contribution >= 4 is 5.97 Å². The molecule has 418 valence electrons. The molecule has 0 aromatic heterocycles. The maximum Gasteiger partial charge on any atom is 0.306 e. The molecule has 72 heavy (non-hydrogen) atoms. The molecule has 14 nitrogen and oxygen atoms in total. The van der Waals surface area contributed by atoms with E-state index in [0.717, 1.165) is 77.0 Å². The van der Waals surface area contributed by atoms with Gasteiger partial charge in [-0.1, -0.05) is 177 Å². The van der Waals surface area contributed by atoms with Crippen LogP contribution >= 0.6 is 0 Å². The molecule has 0 radical (unpaired) electrons. The van der Waals surface area contributed by atoms with Crippen LogP contribution in [0.3, 0.4) is 0 Å². The third-order valence-corrected chi connectivity index (χ3v) is 13.3. The molecule has 2 rings (SSSR count). The van der Waals surface area contributed by atoms with Crippen LogP contribution in [0.25, 0.3) is 0 Å². The van der Waals surface area contributed by atoms with Gasteiger partial charge < -0.3 is 64.2 Å². The van der Waals surface area contributed by atoms with Gasteiger partial charge in [-0.05, 0) is 77.0 Å². The zero-order valence-corrected chi connectivity index (χ0v) is 44.7. The lowest BCUT2D eigenvalue weighted by Gasteiger charge is -2.42. The molecule has 0 bridgehead atoms. The second kappa shape index (κ2) is 44.9. The minimum absolute atomic E-state index is 0.0543. The molecule has 2 fully saturated rings. The molecule has 11 unspecified atom stereocenters. The minimum atomic E-state index is -1.71. The molecule has 0 spiro atoms. The summed E-state index contributed by atoms with van der Waals surface area (Å²) in [6.45, 7) is 3.56. The first-order valence-corrected chi connectivity index (χ1v) is 28.4. The Labute approximate surface area is 434 Å². The number of rotatable bonds is 45. The van der Waals surface area contributed by atoms with Crippen molar-refractivity contribution in [2.24, 2.45) is 0 Å². The Kier molecular flexibility index (Phi) is 41.1. The summed E-state index contributed by atoms with van der Waals surface area (Å²) in [5, 5.41) is 72.3. The second-order valence-electron chi connectivity index (χ2n) is 19.7. The van der Waals surface area contributed by atoms with Crippen LogP contribution in [0.5, 0.6) is 0 Å². The monoisotopic (exact) mass is 1020 g/mol. The summed E-state index contributed by atoms with van der Waals surface area (Å²) >= 11 is 0. The van der Waals surface area contributed by atoms with Gasteiger partial charge in [0.2, 0.25) is 0 Å². The zero-order valence-electron chi connectivity index (χ0n) is 44.7. The quantitative estimate of drug-likeness (QED) is 0.0172. The number of carbonyl (C=O) groups excluding carboxylic acids is 1. The Morgan fingerprint density at radius 2 is 0.903 bits per heavy atom. The van der Waals surface area contributed by atoms with E-state index >= 15 is 0 Å². The number of esters is 1. The molecule has 14 heteroatoms. The SMILES string of the molecule is CC/C=C\C/C=C\C/C=C\C/C=C\CCCCCCCCCCCCC(=O)OC(COCCCCCCCC/C=C\CCCCCCC)COC1OC(COC2OC(CO)C(O)C(O)C2O)C(O)C(O)C1O. The van der Waals surface area contributed by atoms with Crippen molar-refractivity contribution in [2.45, 2.75) is 268 Å². The van der Waals surface area contributed by atoms with E-state index in [1.165, 1.54) is 96.3 Å². The Morgan fingerprint density at radius 1 is 0.472 bits per heavy atom. The summed E-state index contributed by atoms with van der Waals surface area (Å²) in [5.74, 6) is -0.384. The molecule has 0 saturated carbocycles. The van der Waals surface area contributed by atoms with E-state index in [1.807, 2.05) is 0 Å². The molecule has 0 aromatic rings. The third-order valence-electron chi connectivity index (χ3n) is 13.3. The average Bonchev–Trinajstić information content (AvgIpc) is 3.38. The van der Waals surface area contributed by atoms with Crippen molar-refractivity contribution in [3.05, 3.63) is 60.8 Å². The molecular weight excluding hydrogens is 921 g/mol. The first kappa shape index (κ1) is 65.8.